The molecule has 1 aliphatic heterocycles. The molecule has 12 heteroatoms. The molecule has 2 aromatic carbocycles. The molecule has 2 aromatic rings. The average molecular weight is 447 g/mol. The summed E-state index contributed by atoms with van der Waals surface area (Å²) in [4.78, 5) is 25.1. The second kappa shape index (κ2) is 8.10. The Bertz CT molecular complexity index is 947. The van der Waals surface area contributed by atoms with Crippen LogP contribution in [0.15, 0.2) is 54.6 Å². The van der Waals surface area contributed by atoms with Gasteiger partial charge in [0.2, 0.25) is 0 Å². The summed E-state index contributed by atoms with van der Waals surface area (Å²) in [5.74, 6) is -2.31. The van der Waals surface area contributed by atoms with Crippen LogP contribution in [0.5, 0.6) is 5.75 Å². The highest BCUT2D eigenvalue weighted by atomic mass is 19.4. The Morgan fingerprint density at radius 3 is 2.10 bits per heavy atom. The predicted octanol–water partition coefficient (Wildman–Crippen LogP) is 3.73. The molecule has 0 bridgehead atoms. The van der Waals surface area contributed by atoms with E-state index in [0.717, 1.165) is 24.3 Å². The fourth-order valence-corrected chi connectivity index (χ4v) is 3.01. The van der Waals surface area contributed by atoms with Crippen molar-refractivity contribution in [2.45, 2.75) is 24.6 Å². The zero-order valence-electron chi connectivity index (χ0n) is 15.6. The van der Waals surface area contributed by atoms with Crippen molar-refractivity contribution in [1.82, 2.24) is 10.6 Å². The molecule has 0 spiro atoms. The molecule has 2 N–H and O–H groups in total. The minimum atomic E-state index is -5.19. The van der Waals surface area contributed by atoms with Gasteiger partial charge in [0.1, 0.15) is 5.75 Å². The normalized spacial score (nSPS) is 19.5. The molecule has 3 amide bonds. The number of alkyl halides is 6. The summed E-state index contributed by atoms with van der Waals surface area (Å²) in [6, 6.07) is 10.4. The van der Waals surface area contributed by atoms with Crippen LogP contribution in [0.1, 0.15) is 5.56 Å². The fraction of sp³-hybridized carbons (Fsp3) is 0.263. The number of halogens is 6. The van der Waals surface area contributed by atoms with Crippen molar-refractivity contribution < 1.29 is 40.7 Å². The summed E-state index contributed by atoms with van der Waals surface area (Å²) in [5, 5.41) is 3.72. The zero-order valence-corrected chi connectivity index (χ0v) is 15.6. The maximum atomic E-state index is 13.8. The molecule has 0 saturated carbocycles. The van der Waals surface area contributed by atoms with Gasteiger partial charge in [-0.05, 0) is 36.2 Å². The van der Waals surface area contributed by atoms with Crippen LogP contribution in [-0.2, 0) is 11.2 Å². The topological polar surface area (TPSA) is 70.7 Å². The zero-order chi connectivity index (χ0) is 22.9. The number of urea groups is 1. The van der Waals surface area contributed by atoms with Gasteiger partial charge in [0.15, 0.2) is 0 Å². The number of carbonyl (C=O) groups is 2. The Balaban J connectivity index is 1.81. The van der Waals surface area contributed by atoms with E-state index in [-0.39, 0.29) is 23.6 Å². The van der Waals surface area contributed by atoms with Crippen LogP contribution in [0, 0.1) is 0 Å². The molecule has 0 aromatic heterocycles. The van der Waals surface area contributed by atoms with Crippen molar-refractivity contribution in [1.29, 1.82) is 0 Å². The second-order valence-electron chi connectivity index (χ2n) is 6.52. The lowest BCUT2D eigenvalue weighted by molar-refractivity contribution is -0.274. The fourth-order valence-electron chi connectivity index (χ4n) is 3.01. The predicted molar refractivity (Wildman–Crippen MR) is 96.1 cm³/mol. The van der Waals surface area contributed by atoms with Gasteiger partial charge in [-0.15, -0.1) is 13.2 Å². The Kier molecular flexibility index (Phi) is 5.85. The SMILES string of the molecule is O=C1NC(NCCc2ccccc2)(C(F)(F)F)C(=O)N1c1ccc(OC(F)(F)F)cc1. The quantitative estimate of drug-likeness (QED) is 0.523. The second-order valence-corrected chi connectivity index (χ2v) is 6.52. The Morgan fingerprint density at radius 1 is 0.935 bits per heavy atom. The van der Waals surface area contributed by atoms with Gasteiger partial charge in [-0.1, -0.05) is 30.3 Å². The molecule has 1 saturated heterocycles. The van der Waals surface area contributed by atoms with Crippen molar-refractivity contribution in [2.24, 2.45) is 0 Å². The van der Waals surface area contributed by atoms with Crippen LogP contribution in [-0.4, -0.2) is 36.7 Å². The molecule has 0 radical (unpaired) electrons. The van der Waals surface area contributed by atoms with Gasteiger partial charge in [0, 0.05) is 6.54 Å². The molecule has 6 nitrogen and oxygen atoms in total. The Hall–Kier alpha value is -3.28. The Labute approximate surface area is 171 Å². The Morgan fingerprint density at radius 2 is 1.55 bits per heavy atom. The summed E-state index contributed by atoms with van der Waals surface area (Å²) in [6.07, 6.45) is -10.0. The maximum Gasteiger partial charge on any atom is 0.573 e. The van der Waals surface area contributed by atoms with Crippen LogP contribution < -0.4 is 20.3 Å². The first kappa shape index (κ1) is 22.4. The van der Waals surface area contributed by atoms with Gasteiger partial charge in [-0.2, -0.15) is 13.2 Å². The number of ether oxygens (including phenoxy) is 1. The van der Waals surface area contributed by atoms with E-state index in [1.54, 1.807) is 35.6 Å². The molecule has 1 heterocycles. The number of rotatable bonds is 6. The highest BCUT2D eigenvalue weighted by Crippen LogP contribution is 2.36. The van der Waals surface area contributed by atoms with E-state index in [4.69, 9.17) is 0 Å². The van der Waals surface area contributed by atoms with Gasteiger partial charge in [0.25, 0.3) is 11.6 Å². The first-order chi connectivity index (χ1) is 14.4. The van der Waals surface area contributed by atoms with Crippen molar-refractivity contribution in [3.63, 3.8) is 0 Å². The van der Waals surface area contributed by atoms with Crippen LogP contribution >= 0.6 is 0 Å². The lowest BCUT2D eigenvalue weighted by Gasteiger charge is -2.30. The first-order valence-electron chi connectivity index (χ1n) is 8.81. The number of hydrogen-bond acceptors (Lipinski definition) is 4. The number of carbonyl (C=O) groups excluding carboxylic acids is 2. The largest absolute Gasteiger partial charge is 0.573 e. The molecule has 1 aliphatic rings. The molecular weight excluding hydrogens is 432 g/mol. The van der Waals surface area contributed by atoms with E-state index in [2.05, 4.69) is 10.1 Å². The number of amides is 3. The number of nitrogens with zero attached hydrogens (tertiary/aromatic N) is 1. The van der Waals surface area contributed by atoms with Gasteiger partial charge in [0.05, 0.1) is 5.69 Å². The molecule has 31 heavy (non-hydrogen) atoms. The standard InChI is InChI=1S/C19H15F6N3O3/c20-18(21,22)17(26-11-10-12-4-2-1-3-5-12)15(29)28(16(30)27-17)13-6-8-14(9-7-13)31-19(23,24)25/h1-9,26H,10-11H2,(H,27,30). The monoisotopic (exact) mass is 447 g/mol. The average Bonchev–Trinajstić information content (AvgIpc) is 2.93. The first-order valence-corrected chi connectivity index (χ1v) is 8.81. The maximum absolute atomic E-state index is 13.8. The van der Waals surface area contributed by atoms with Crippen LogP contribution in [0.2, 0.25) is 0 Å². The number of benzene rings is 2. The third-order valence-electron chi connectivity index (χ3n) is 4.42. The summed E-state index contributed by atoms with van der Waals surface area (Å²) in [7, 11) is 0. The molecule has 3 rings (SSSR count). The number of anilines is 1. The highest BCUT2D eigenvalue weighted by molar-refractivity contribution is 6.23. The van der Waals surface area contributed by atoms with Crippen LogP contribution in [0.4, 0.5) is 36.8 Å². The minimum absolute atomic E-state index is 0.144. The van der Waals surface area contributed by atoms with E-state index < -0.39 is 35.9 Å². The number of imide groups is 1. The lowest BCUT2D eigenvalue weighted by atomic mass is 10.1. The third-order valence-corrected chi connectivity index (χ3v) is 4.42. The number of hydrogen-bond donors (Lipinski definition) is 2. The smallest absolute Gasteiger partial charge is 0.406 e. The van der Waals surface area contributed by atoms with Crippen molar-refractivity contribution >= 4 is 17.6 Å². The third kappa shape index (κ3) is 4.74. The van der Waals surface area contributed by atoms with Crippen LogP contribution in [0.25, 0.3) is 0 Å². The van der Waals surface area contributed by atoms with Gasteiger partial charge in [-0.25, -0.2) is 9.69 Å². The van der Waals surface area contributed by atoms with Gasteiger partial charge >= 0.3 is 18.6 Å². The van der Waals surface area contributed by atoms with E-state index in [9.17, 15) is 35.9 Å². The van der Waals surface area contributed by atoms with E-state index in [0.29, 0.717) is 5.56 Å². The van der Waals surface area contributed by atoms with Crippen molar-refractivity contribution in [3.8, 4) is 5.75 Å². The molecule has 0 aliphatic carbocycles. The van der Waals surface area contributed by atoms with E-state index in [1.807, 2.05) is 0 Å². The summed E-state index contributed by atoms with van der Waals surface area (Å²) >= 11 is 0. The van der Waals surface area contributed by atoms with Crippen molar-refractivity contribution in [3.05, 3.63) is 60.2 Å². The lowest BCUT2D eigenvalue weighted by Crippen LogP contribution is -2.68. The highest BCUT2D eigenvalue weighted by Gasteiger charge is 2.67. The van der Waals surface area contributed by atoms with Gasteiger partial charge in [-0.3, -0.25) is 10.1 Å². The van der Waals surface area contributed by atoms with Crippen molar-refractivity contribution in [2.75, 3.05) is 11.4 Å². The van der Waals surface area contributed by atoms with E-state index >= 15 is 0 Å². The summed E-state index contributed by atoms with van der Waals surface area (Å²) in [5.41, 5.74) is -3.02. The molecule has 1 atom stereocenters. The minimum Gasteiger partial charge on any atom is -0.406 e. The molecule has 1 fully saturated rings. The van der Waals surface area contributed by atoms with Crippen LogP contribution in [0.3, 0.4) is 0 Å². The molecule has 1 unspecified atom stereocenters. The summed E-state index contributed by atoms with van der Waals surface area (Å²) < 4.78 is 81.9. The summed E-state index contributed by atoms with van der Waals surface area (Å²) in [6.45, 7) is -0.290. The number of nitrogens with one attached hydrogen (secondary N) is 2. The van der Waals surface area contributed by atoms with E-state index in [1.165, 1.54) is 0 Å². The molecule has 166 valence electrons. The molecular formula is C19H15F6N3O3. The van der Waals surface area contributed by atoms with Gasteiger partial charge < -0.3 is 10.1 Å².